The fourth-order valence-corrected chi connectivity index (χ4v) is 4.08. The molecule has 2 N–H and O–H groups in total. The Bertz CT molecular complexity index is 997. The number of rotatable bonds is 10. The molecule has 6 heteroatoms. The first-order valence-corrected chi connectivity index (χ1v) is 12.8. The fraction of sp³-hybridized carbons (Fsp3) is 0.433. The van der Waals surface area contributed by atoms with Crippen molar-refractivity contribution in [2.45, 2.75) is 47.0 Å². The van der Waals surface area contributed by atoms with Gasteiger partial charge in [0, 0.05) is 37.3 Å². The van der Waals surface area contributed by atoms with Gasteiger partial charge in [0.05, 0.1) is 19.8 Å². The predicted octanol–water partition coefficient (Wildman–Crippen LogP) is 5.48. The van der Waals surface area contributed by atoms with E-state index in [2.05, 4.69) is 81.2 Å². The molecule has 1 unspecified atom stereocenters. The Kier molecular flexibility index (Phi) is 13.0. The van der Waals surface area contributed by atoms with E-state index >= 15 is 0 Å². The van der Waals surface area contributed by atoms with E-state index in [0.717, 1.165) is 44.0 Å². The van der Waals surface area contributed by atoms with E-state index in [1.165, 1.54) is 23.1 Å². The van der Waals surface area contributed by atoms with Crippen LogP contribution in [-0.2, 0) is 9.57 Å². The maximum Gasteiger partial charge on any atom is 0.274 e. The summed E-state index contributed by atoms with van der Waals surface area (Å²) in [6.45, 7) is 18.8. The number of ether oxygens (including phenoxy) is 1. The molecule has 6 nitrogen and oxygen atoms in total. The van der Waals surface area contributed by atoms with Crippen LogP contribution in [0.2, 0.25) is 0 Å². The van der Waals surface area contributed by atoms with Gasteiger partial charge in [0.25, 0.3) is 5.91 Å². The van der Waals surface area contributed by atoms with Gasteiger partial charge in [0.2, 0.25) is 0 Å². The van der Waals surface area contributed by atoms with Crippen LogP contribution >= 0.6 is 0 Å². The number of morpholine rings is 1. The molecule has 1 heterocycles. The van der Waals surface area contributed by atoms with Gasteiger partial charge in [-0.3, -0.25) is 14.5 Å². The molecule has 0 aliphatic carbocycles. The predicted molar refractivity (Wildman–Crippen MR) is 148 cm³/mol. The summed E-state index contributed by atoms with van der Waals surface area (Å²) >= 11 is 0. The second-order valence-corrected chi connectivity index (χ2v) is 9.05. The summed E-state index contributed by atoms with van der Waals surface area (Å²) in [4.78, 5) is 20.5. The molecule has 196 valence electrons. The molecule has 0 radical (unpaired) electrons. The first kappa shape index (κ1) is 29.3. The van der Waals surface area contributed by atoms with Gasteiger partial charge in [0.15, 0.2) is 0 Å². The topological polar surface area (TPSA) is 62.8 Å². The Balaban J connectivity index is 0.00000145. The number of nitrogens with zero attached hydrogens (tertiary/aromatic N) is 1. The van der Waals surface area contributed by atoms with Crippen LogP contribution in [0.3, 0.4) is 0 Å². The van der Waals surface area contributed by atoms with Crippen molar-refractivity contribution in [2.24, 2.45) is 0 Å². The first-order valence-electron chi connectivity index (χ1n) is 12.8. The van der Waals surface area contributed by atoms with Gasteiger partial charge < -0.3 is 10.1 Å². The summed E-state index contributed by atoms with van der Waals surface area (Å²) in [7, 11) is 0. The maximum absolute atomic E-state index is 12.8. The third-order valence-electron chi connectivity index (χ3n) is 6.10. The SMILES string of the molecule is C=CN/C=C(\C)C(c1cccc(C(=O)NOCCN2CCOCC2)c1)c1cccc(C)c1C.CCC. The van der Waals surface area contributed by atoms with Crippen molar-refractivity contribution in [2.75, 3.05) is 39.5 Å². The van der Waals surface area contributed by atoms with Crippen molar-refractivity contribution in [3.05, 3.63) is 94.8 Å². The molecule has 1 aliphatic heterocycles. The van der Waals surface area contributed by atoms with Gasteiger partial charge >= 0.3 is 0 Å². The number of hydroxylamine groups is 1. The Hall–Kier alpha value is -2.93. The van der Waals surface area contributed by atoms with Crippen LogP contribution in [0.15, 0.2) is 67.0 Å². The standard InChI is InChI=1S/C27H35N3O3.C3H8/c1-5-28-19-21(3)26(25-11-6-8-20(2)22(25)4)23-9-7-10-24(18-23)27(31)29-33-17-14-30-12-15-32-16-13-30;1-3-2/h5-11,18-19,26,28H,1,12-17H2,2-4H3,(H,29,31);3H2,1-2H3/b21-19+;. The molecular formula is C30H43N3O3. The Morgan fingerprint density at radius 1 is 1.17 bits per heavy atom. The summed E-state index contributed by atoms with van der Waals surface area (Å²) < 4.78 is 5.35. The molecule has 0 saturated carbocycles. The van der Waals surface area contributed by atoms with Crippen LogP contribution in [0.1, 0.15) is 65.7 Å². The number of hydrogen-bond acceptors (Lipinski definition) is 5. The average Bonchev–Trinajstić information content (AvgIpc) is 2.89. The van der Waals surface area contributed by atoms with Crippen molar-refractivity contribution in [1.29, 1.82) is 0 Å². The number of carbonyl (C=O) groups excluding carboxylic acids is 1. The molecule has 1 atom stereocenters. The van der Waals surface area contributed by atoms with Crippen LogP contribution < -0.4 is 10.8 Å². The van der Waals surface area contributed by atoms with Crippen LogP contribution in [0.25, 0.3) is 0 Å². The number of benzene rings is 2. The van der Waals surface area contributed by atoms with Crippen molar-refractivity contribution in [1.82, 2.24) is 15.7 Å². The van der Waals surface area contributed by atoms with Crippen molar-refractivity contribution >= 4 is 5.91 Å². The van der Waals surface area contributed by atoms with Gasteiger partial charge in [-0.15, -0.1) is 0 Å². The summed E-state index contributed by atoms with van der Waals surface area (Å²) in [6, 6.07) is 14.1. The number of carbonyl (C=O) groups is 1. The third kappa shape index (κ3) is 8.94. The fourth-order valence-electron chi connectivity index (χ4n) is 4.08. The van der Waals surface area contributed by atoms with Crippen LogP contribution in [0, 0.1) is 13.8 Å². The number of nitrogens with one attached hydrogen (secondary N) is 2. The summed E-state index contributed by atoms with van der Waals surface area (Å²) in [5, 5.41) is 3.09. The second-order valence-electron chi connectivity index (χ2n) is 9.05. The summed E-state index contributed by atoms with van der Waals surface area (Å²) in [5.41, 5.74) is 9.04. The zero-order valence-electron chi connectivity index (χ0n) is 22.6. The van der Waals surface area contributed by atoms with Crippen molar-refractivity contribution < 1.29 is 14.4 Å². The van der Waals surface area contributed by atoms with E-state index in [1.54, 1.807) is 6.20 Å². The first-order chi connectivity index (χ1) is 17.4. The highest BCUT2D eigenvalue weighted by Gasteiger charge is 2.20. The van der Waals surface area contributed by atoms with E-state index in [1.807, 2.05) is 24.4 Å². The van der Waals surface area contributed by atoms with Gasteiger partial charge in [-0.1, -0.05) is 57.2 Å². The molecule has 1 saturated heterocycles. The normalized spacial score (nSPS) is 14.9. The molecule has 1 fully saturated rings. The van der Waals surface area contributed by atoms with Crippen LogP contribution in [-0.4, -0.2) is 50.3 Å². The lowest BCUT2D eigenvalue weighted by molar-refractivity contribution is -0.00177. The molecule has 2 aromatic carbocycles. The van der Waals surface area contributed by atoms with E-state index < -0.39 is 0 Å². The Morgan fingerprint density at radius 3 is 2.56 bits per heavy atom. The third-order valence-corrected chi connectivity index (χ3v) is 6.10. The van der Waals surface area contributed by atoms with Crippen molar-refractivity contribution in [3.8, 4) is 0 Å². The molecule has 0 aromatic heterocycles. The van der Waals surface area contributed by atoms with Crippen LogP contribution in [0.5, 0.6) is 0 Å². The van der Waals surface area contributed by atoms with E-state index in [-0.39, 0.29) is 11.8 Å². The molecule has 0 spiro atoms. The zero-order valence-corrected chi connectivity index (χ0v) is 22.6. The van der Waals surface area contributed by atoms with Crippen LogP contribution in [0.4, 0.5) is 0 Å². The lowest BCUT2D eigenvalue weighted by atomic mass is 9.82. The largest absolute Gasteiger partial charge is 0.379 e. The van der Waals surface area contributed by atoms with Gasteiger partial charge in [0.1, 0.15) is 0 Å². The zero-order chi connectivity index (χ0) is 26.3. The molecule has 1 aliphatic rings. The molecule has 3 rings (SSSR count). The number of hydrogen-bond donors (Lipinski definition) is 2. The van der Waals surface area contributed by atoms with Crippen molar-refractivity contribution in [3.63, 3.8) is 0 Å². The molecule has 0 bridgehead atoms. The second kappa shape index (κ2) is 15.9. The quantitative estimate of drug-likeness (QED) is 0.339. The molecule has 36 heavy (non-hydrogen) atoms. The number of amides is 1. The summed E-state index contributed by atoms with van der Waals surface area (Å²) in [6.07, 6.45) is 4.86. The highest BCUT2D eigenvalue weighted by molar-refractivity contribution is 5.93. The highest BCUT2D eigenvalue weighted by Crippen LogP contribution is 2.34. The average molecular weight is 494 g/mol. The molecular weight excluding hydrogens is 450 g/mol. The van der Waals surface area contributed by atoms with E-state index in [4.69, 9.17) is 9.57 Å². The highest BCUT2D eigenvalue weighted by atomic mass is 16.7. The minimum atomic E-state index is -0.246. The molecule has 2 aromatic rings. The lowest BCUT2D eigenvalue weighted by Gasteiger charge is -2.26. The Morgan fingerprint density at radius 2 is 1.86 bits per heavy atom. The summed E-state index contributed by atoms with van der Waals surface area (Å²) in [5.74, 6) is -0.239. The monoisotopic (exact) mass is 493 g/mol. The van der Waals surface area contributed by atoms with Gasteiger partial charge in [-0.05, 0) is 66.9 Å². The molecule has 1 amide bonds. The minimum absolute atomic E-state index is 0.00680. The lowest BCUT2D eigenvalue weighted by Crippen LogP contribution is -2.39. The van der Waals surface area contributed by atoms with E-state index in [0.29, 0.717) is 12.2 Å². The van der Waals surface area contributed by atoms with E-state index in [9.17, 15) is 4.79 Å². The maximum atomic E-state index is 12.8. The number of aryl methyl sites for hydroxylation is 1. The minimum Gasteiger partial charge on any atom is -0.379 e. The Labute approximate surface area is 217 Å². The number of allylic oxidation sites excluding steroid dienone is 1. The van der Waals surface area contributed by atoms with Gasteiger partial charge in [-0.2, -0.15) is 0 Å². The smallest absolute Gasteiger partial charge is 0.274 e. The van der Waals surface area contributed by atoms with Gasteiger partial charge in [-0.25, -0.2) is 5.48 Å².